The van der Waals surface area contributed by atoms with E-state index >= 15 is 0 Å². The van der Waals surface area contributed by atoms with Crippen LogP contribution in [0.15, 0.2) is 34.9 Å². The number of Topliss-reactive ketones (excluding diaryl/α,β-unsaturated/α-hetero) is 1. The van der Waals surface area contributed by atoms with Gasteiger partial charge in [-0.2, -0.15) is 0 Å². The SMILES string of the molecule is CC(C)[C@@H](C)C=C[C@@H](C)[C@H]1CC(=O)C2=C3C(=O)C=C4C[C@@H](O)CC[C@]4(C)[C@H]3CC[C@@]21C. The molecule has 0 heterocycles. The molecule has 3 nitrogen and oxygen atoms in total. The molecule has 0 aliphatic heterocycles. The number of aliphatic hydroxyl groups excluding tert-OH is 1. The van der Waals surface area contributed by atoms with Gasteiger partial charge in [-0.3, -0.25) is 9.59 Å². The molecular formula is C28H40O3. The highest BCUT2D eigenvalue weighted by Crippen LogP contribution is 2.63. The summed E-state index contributed by atoms with van der Waals surface area (Å²) in [5.74, 6) is 2.07. The molecular weight excluding hydrogens is 384 g/mol. The van der Waals surface area contributed by atoms with Gasteiger partial charge in [0.05, 0.1) is 6.10 Å². The molecule has 0 spiro atoms. The van der Waals surface area contributed by atoms with Crippen molar-refractivity contribution in [3.63, 3.8) is 0 Å². The number of rotatable bonds is 4. The smallest absolute Gasteiger partial charge is 0.182 e. The van der Waals surface area contributed by atoms with Gasteiger partial charge in [-0.05, 0) is 73.2 Å². The van der Waals surface area contributed by atoms with Gasteiger partial charge in [-0.25, -0.2) is 0 Å². The van der Waals surface area contributed by atoms with Crippen molar-refractivity contribution in [2.75, 3.05) is 0 Å². The Morgan fingerprint density at radius 3 is 2.35 bits per heavy atom. The predicted octanol–water partition coefficient (Wildman–Crippen LogP) is 5.83. The van der Waals surface area contributed by atoms with Gasteiger partial charge < -0.3 is 5.11 Å². The fraction of sp³-hybridized carbons (Fsp3) is 0.714. The fourth-order valence-electron chi connectivity index (χ4n) is 7.04. The number of fused-ring (bicyclic) bond motifs is 4. The number of hydrogen-bond acceptors (Lipinski definition) is 3. The van der Waals surface area contributed by atoms with Crippen LogP contribution >= 0.6 is 0 Å². The van der Waals surface area contributed by atoms with Crippen LogP contribution in [0.3, 0.4) is 0 Å². The van der Waals surface area contributed by atoms with Gasteiger partial charge in [0.25, 0.3) is 0 Å². The average molecular weight is 425 g/mol. The molecule has 31 heavy (non-hydrogen) atoms. The van der Waals surface area contributed by atoms with E-state index in [0.29, 0.717) is 30.6 Å². The third-order valence-corrected chi connectivity index (χ3v) is 9.57. The molecule has 0 aromatic rings. The second-order valence-corrected chi connectivity index (χ2v) is 11.7. The summed E-state index contributed by atoms with van der Waals surface area (Å²) in [7, 11) is 0. The summed E-state index contributed by atoms with van der Waals surface area (Å²) in [5, 5.41) is 10.2. The Morgan fingerprint density at radius 2 is 1.68 bits per heavy atom. The molecule has 0 unspecified atom stereocenters. The highest BCUT2D eigenvalue weighted by molar-refractivity contribution is 6.14. The lowest BCUT2D eigenvalue weighted by Gasteiger charge is -2.52. The number of hydrogen-bond donors (Lipinski definition) is 1. The predicted molar refractivity (Wildman–Crippen MR) is 124 cm³/mol. The van der Waals surface area contributed by atoms with Gasteiger partial charge in [0.15, 0.2) is 11.6 Å². The highest BCUT2D eigenvalue weighted by atomic mass is 16.3. The van der Waals surface area contributed by atoms with E-state index in [1.807, 2.05) is 0 Å². The summed E-state index contributed by atoms with van der Waals surface area (Å²) in [6, 6.07) is 0. The van der Waals surface area contributed by atoms with Crippen molar-refractivity contribution in [2.45, 2.75) is 86.2 Å². The number of carbonyl (C=O) groups is 2. The normalized spacial score (nSPS) is 40.0. The molecule has 0 aromatic heterocycles. The summed E-state index contributed by atoms with van der Waals surface area (Å²) < 4.78 is 0. The Labute approximate surface area is 188 Å². The van der Waals surface area contributed by atoms with Crippen LogP contribution in [0.1, 0.15) is 80.1 Å². The number of aliphatic hydroxyl groups is 1. The lowest BCUT2D eigenvalue weighted by Crippen LogP contribution is -2.46. The first-order valence-electron chi connectivity index (χ1n) is 12.4. The van der Waals surface area contributed by atoms with Crippen LogP contribution < -0.4 is 0 Å². The zero-order chi connectivity index (χ0) is 22.7. The number of carbonyl (C=O) groups excluding carboxylic acids is 2. The Bertz CT molecular complexity index is 875. The van der Waals surface area contributed by atoms with E-state index in [0.717, 1.165) is 42.4 Å². The van der Waals surface area contributed by atoms with Crippen LogP contribution in [0.4, 0.5) is 0 Å². The van der Waals surface area contributed by atoms with E-state index in [4.69, 9.17) is 0 Å². The molecule has 2 fully saturated rings. The Hall–Kier alpha value is -1.48. The summed E-state index contributed by atoms with van der Waals surface area (Å²) in [5.41, 5.74) is 2.50. The maximum absolute atomic E-state index is 13.4. The van der Waals surface area contributed by atoms with Gasteiger partial charge in [0.2, 0.25) is 0 Å². The Morgan fingerprint density at radius 1 is 1.00 bits per heavy atom. The van der Waals surface area contributed by atoms with Crippen molar-refractivity contribution in [1.82, 2.24) is 0 Å². The van der Waals surface area contributed by atoms with Gasteiger partial charge in [-0.1, -0.05) is 59.3 Å². The molecule has 170 valence electrons. The van der Waals surface area contributed by atoms with E-state index in [2.05, 4.69) is 53.7 Å². The fourth-order valence-corrected chi connectivity index (χ4v) is 7.04. The third kappa shape index (κ3) is 3.52. The maximum atomic E-state index is 13.4. The van der Waals surface area contributed by atoms with Crippen molar-refractivity contribution in [3.8, 4) is 0 Å². The summed E-state index contributed by atoms with van der Waals surface area (Å²) in [6.45, 7) is 13.5. The molecule has 4 rings (SSSR count). The van der Waals surface area contributed by atoms with E-state index in [1.54, 1.807) is 6.08 Å². The Kier molecular flexibility index (Phi) is 5.74. The number of allylic oxidation sites excluding steroid dienone is 5. The first-order chi connectivity index (χ1) is 14.5. The minimum atomic E-state index is -0.339. The first kappa shape index (κ1) is 22.7. The van der Waals surface area contributed by atoms with Crippen molar-refractivity contribution >= 4 is 11.6 Å². The first-order valence-corrected chi connectivity index (χ1v) is 12.4. The molecule has 2 saturated carbocycles. The van der Waals surface area contributed by atoms with Gasteiger partial charge in [-0.15, -0.1) is 0 Å². The Balaban J connectivity index is 1.72. The van der Waals surface area contributed by atoms with Gasteiger partial charge in [0, 0.05) is 23.0 Å². The molecule has 1 N–H and O–H groups in total. The van der Waals surface area contributed by atoms with Crippen molar-refractivity contribution in [2.24, 2.45) is 40.4 Å². The second-order valence-electron chi connectivity index (χ2n) is 11.7. The van der Waals surface area contributed by atoms with Gasteiger partial charge >= 0.3 is 0 Å². The van der Waals surface area contributed by atoms with Crippen molar-refractivity contribution in [3.05, 3.63) is 34.9 Å². The van der Waals surface area contributed by atoms with Crippen LogP contribution in [0.25, 0.3) is 0 Å². The maximum Gasteiger partial charge on any atom is 0.182 e. The zero-order valence-corrected chi connectivity index (χ0v) is 20.2. The van der Waals surface area contributed by atoms with Crippen molar-refractivity contribution < 1.29 is 14.7 Å². The second kappa shape index (κ2) is 7.83. The topological polar surface area (TPSA) is 54.4 Å². The molecule has 4 aliphatic rings. The van der Waals surface area contributed by atoms with Crippen LogP contribution in [0, 0.1) is 40.4 Å². The van der Waals surface area contributed by atoms with Crippen LogP contribution in [0.2, 0.25) is 0 Å². The average Bonchev–Trinajstić information content (AvgIpc) is 2.98. The summed E-state index contributed by atoms with van der Waals surface area (Å²) >= 11 is 0. The molecule has 0 aromatic carbocycles. The highest BCUT2D eigenvalue weighted by Gasteiger charge is 2.58. The minimum Gasteiger partial charge on any atom is -0.393 e. The zero-order valence-electron chi connectivity index (χ0n) is 20.2. The molecule has 4 aliphatic carbocycles. The van der Waals surface area contributed by atoms with E-state index in [9.17, 15) is 14.7 Å². The standard InChI is InChI=1S/C28H40O3/c1-16(2)17(3)7-8-18(4)22-15-24(31)26-25-21(10-12-28(22,26)6)27(5)11-9-20(29)13-19(27)14-23(25)30/h7-8,14,16-18,20-22,29H,9-13,15H2,1-6H3/t17-,18+,20-,21-,22+,27-,28+/m0/s1. The monoisotopic (exact) mass is 424 g/mol. The van der Waals surface area contributed by atoms with Crippen LogP contribution in [0.5, 0.6) is 0 Å². The van der Waals surface area contributed by atoms with Crippen LogP contribution in [-0.2, 0) is 9.59 Å². The molecule has 0 radical (unpaired) electrons. The van der Waals surface area contributed by atoms with E-state index < -0.39 is 0 Å². The van der Waals surface area contributed by atoms with E-state index in [-0.39, 0.29) is 40.3 Å². The lowest BCUT2D eigenvalue weighted by molar-refractivity contribution is -0.117. The quantitative estimate of drug-likeness (QED) is 0.577. The van der Waals surface area contributed by atoms with Crippen LogP contribution in [-0.4, -0.2) is 22.8 Å². The van der Waals surface area contributed by atoms with E-state index in [1.165, 1.54) is 0 Å². The summed E-state index contributed by atoms with van der Waals surface area (Å²) in [6.07, 6.45) is 10.9. The molecule has 0 saturated heterocycles. The molecule has 0 amide bonds. The lowest BCUT2D eigenvalue weighted by atomic mass is 9.51. The molecule has 0 bridgehead atoms. The number of ketones is 2. The summed E-state index contributed by atoms with van der Waals surface area (Å²) in [4.78, 5) is 26.7. The molecule has 7 atom stereocenters. The largest absolute Gasteiger partial charge is 0.393 e. The van der Waals surface area contributed by atoms with Gasteiger partial charge in [0.1, 0.15) is 0 Å². The van der Waals surface area contributed by atoms with Crippen molar-refractivity contribution in [1.29, 1.82) is 0 Å². The molecule has 3 heteroatoms. The minimum absolute atomic E-state index is 0.0399. The third-order valence-electron chi connectivity index (χ3n) is 9.57.